The average Bonchev–Trinajstić information content (AvgIpc) is 3.50. The van der Waals surface area contributed by atoms with Crippen molar-refractivity contribution in [3.63, 3.8) is 0 Å². The minimum atomic E-state index is -0.897. The minimum Gasteiger partial charge on any atom is -0.354 e. The molecule has 262 valence electrons. The van der Waals surface area contributed by atoms with Crippen molar-refractivity contribution in [2.45, 2.75) is 76.0 Å². The second kappa shape index (κ2) is 17.4. The van der Waals surface area contributed by atoms with Gasteiger partial charge in [0.2, 0.25) is 17.7 Å². The molecule has 4 rings (SSSR count). The van der Waals surface area contributed by atoms with Crippen LogP contribution in [0, 0.1) is 5.82 Å². The maximum Gasteiger partial charge on any atom is 0.246 e. The fourth-order valence-electron chi connectivity index (χ4n) is 6.27. The summed E-state index contributed by atoms with van der Waals surface area (Å²) in [6.07, 6.45) is 7.16. The zero-order valence-electron chi connectivity index (χ0n) is 29.6. The van der Waals surface area contributed by atoms with Crippen LogP contribution in [0.25, 0.3) is 11.1 Å². The summed E-state index contributed by atoms with van der Waals surface area (Å²) < 4.78 is 13.8. The van der Waals surface area contributed by atoms with Crippen LogP contribution in [0.3, 0.4) is 0 Å². The van der Waals surface area contributed by atoms with E-state index in [1.54, 1.807) is 32.3 Å². The molecule has 1 aliphatic heterocycles. The van der Waals surface area contributed by atoms with Gasteiger partial charge in [0.25, 0.3) is 0 Å². The number of nitrogens with zero attached hydrogens (tertiary/aromatic N) is 3. The van der Waals surface area contributed by atoms with E-state index in [-0.39, 0.29) is 36.4 Å². The van der Waals surface area contributed by atoms with Crippen LogP contribution < -0.4 is 11.1 Å². The molecule has 3 amide bonds. The third kappa shape index (κ3) is 11.1. The van der Waals surface area contributed by atoms with Crippen molar-refractivity contribution in [2.75, 3.05) is 34.2 Å². The van der Waals surface area contributed by atoms with E-state index < -0.39 is 17.6 Å². The van der Waals surface area contributed by atoms with Gasteiger partial charge in [0.05, 0.1) is 0 Å². The highest BCUT2D eigenvalue weighted by Gasteiger charge is 2.35. The van der Waals surface area contributed by atoms with Crippen molar-refractivity contribution in [1.29, 1.82) is 0 Å². The maximum atomic E-state index is 14.5. The number of nitrogens with two attached hydrogens (primary N) is 1. The molecule has 0 aliphatic carbocycles. The van der Waals surface area contributed by atoms with Crippen LogP contribution in [-0.2, 0) is 27.2 Å². The molecule has 1 heterocycles. The Hall–Kier alpha value is -4.34. The van der Waals surface area contributed by atoms with E-state index in [1.165, 1.54) is 28.0 Å². The second-order valence-corrected chi connectivity index (χ2v) is 14.0. The van der Waals surface area contributed by atoms with Gasteiger partial charge < -0.3 is 25.8 Å². The Bertz CT molecular complexity index is 1550. The van der Waals surface area contributed by atoms with Crippen molar-refractivity contribution in [1.82, 2.24) is 20.0 Å². The number of hydrogen-bond acceptors (Lipinski definition) is 5. The number of amides is 3. The largest absolute Gasteiger partial charge is 0.354 e. The van der Waals surface area contributed by atoms with Crippen LogP contribution in [0.1, 0.15) is 50.7 Å². The Morgan fingerprint density at radius 1 is 0.918 bits per heavy atom. The Labute approximate surface area is 291 Å². The zero-order chi connectivity index (χ0) is 35.6. The zero-order valence-corrected chi connectivity index (χ0v) is 29.6. The van der Waals surface area contributed by atoms with Crippen LogP contribution in [-0.4, -0.2) is 90.3 Å². The van der Waals surface area contributed by atoms with Crippen LogP contribution in [0.4, 0.5) is 4.39 Å². The highest BCUT2D eigenvalue weighted by Crippen LogP contribution is 2.22. The summed E-state index contributed by atoms with van der Waals surface area (Å²) in [7, 11) is 5.32. The molecule has 1 unspecified atom stereocenters. The van der Waals surface area contributed by atoms with E-state index >= 15 is 0 Å². The molecule has 3 aromatic rings. The third-order valence-corrected chi connectivity index (χ3v) is 9.40. The molecule has 0 saturated carbocycles. The minimum absolute atomic E-state index is 0.194. The summed E-state index contributed by atoms with van der Waals surface area (Å²) in [5, 5.41) is 3.06. The Kier molecular flexibility index (Phi) is 13.3. The Balaban J connectivity index is 1.59. The van der Waals surface area contributed by atoms with E-state index in [2.05, 4.69) is 17.3 Å². The molecule has 3 aromatic carbocycles. The number of likely N-dealkylation sites (tertiary alicyclic amines) is 1. The molecular formula is C40H52FN5O3. The smallest absolute Gasteiger partial charge is 0.246 e. The van der Waals surface area contributed by atoms with Gasteiger partial charge in [0, 0.05) is 45.1 Å². The molecule has 0 bridgehead atoms. The molecule has 3 atom stereocenters. The van der Waals surface area contributed by atoms with Crippen molar-refractivity contribution < 1.29 is 18.8 Å². The molecule has 3 N–H and O–H groups in total. The van der Waals surface area contributed by atoms with Crippen LogP contribution in [0.5, 0.6) is 0 Å². The topological polar surface area (TPSA) is 99.0 Å². The van der Waals surface area contributed by atoms with E-state index in [9.17, 15) is 18.8 Å². The van der Waals surface area contributed by atoms with Crippen molar-refractivity contribution >= 4 is 17.7 Å². The van der Waals surface area contributed by atoms with Crippen LogP contribution in [0.2, 0.25) is 0 Å². The Morgan fingerprint density at radius 2 is 1.51 bits per heavy atom. The predicted molar refractivity (Wildman–Crippen MR) is 194 cm³/mol. The van der Waals surface area contributed by atoms with Gasteiger partial charge in [-0.25, -0.2) is 4.39 Å². The fourth-order valence-corrected chi connectivity index (χ4v) is 6.27. The lowest BCUT2D eigenvalue weighted by atomic mass is 9.98. The van der Waals surface area contributed by atoms with Gasteiger partial charge in [-0.05, 0) is 93.6 Å². The summed E-state index contributed by atoms with van der Waals surface area (Å²) in [6, 6.07) is 22.6. The maximum absolute atomic E-state index is 14.5. The molecule has 1 fully saturated rings. The summed E-state index contributed by atoms with van der Waals surface area (Å²) in [6.45, 7) is 5.28. The number of carbonyl (C=O) groups excluding carboxylic acids is 3. The van der Waals surface area contributed by atoms with Gasteiger partial charge in [-0.1, -0.05) is 72.8 Å². The van der Waals surface area contributed by atoms with E-state index in [0.29, 0.717) is 19.0 Å². The van der Waals surface area contributed by atoms with Gasteiger partial charge >= 0.3 is 0 Å². The molecule has 0 radical (unpaired) electrons. The number of likely N-dealkylation sites (N-methyl/N-ethyl adjacent to an activating group) is 2. The third-order valence-electron chi connectivity index (χ3n) is 9.40. The molecule has 9 heteroatoms. The summed E-state index contributed by atoms with van der Waals surface area (Å²) >= 11 is 0. The van der Waals surface area contributed by atoms with Gasteiger partial charge in [0.1, 0.15) is 17.9 Å². The highest BCUT2D eigenvalue weighted by atomic mass is 19.1. The van der Waals surface area contributed by atoms with E-state index in [4.69, 9.17) is 5.73 Å². The second-order valence-electron chi connectivity index (χ2n) is 14.0. The first-order valence-electron chi connectivity index (χ1n) is 17.2. The first-order valence-corrected chi connectivity index (χ1v) is 17.2. The number of benzene rings is 3. The van der Waals surface area contributed by atoms with Crippen molar-refractivity contribution in [2.24, 2.45) is 5.73 Å². The monoisotopic (exact) mass is 669 g/mol. The first kappa shape index (κ1) is 37.5. The first-order chi connectivity index (χ1) is 23.3. The molecule has 1 aliphatic rings. The van der Waals surface area contributed by atoms with E-state index in [1.807, 2.05) is 68.4 Å². The lowest BCUT2D eigenvalue weighted by molar-refractivity contribution is -0.146. The summed E-state index contributed by atoms with van der Waals surface area (Å²) in [5.74, 6) is -1.37. The molecule has 1 saturated heterocycles. The van der Waals surface area contributed by atoms with Crippen molar-refractivity contribution in [3.8, 4) is 11.1 Å². The van der Waals surface area contributed by atoms with Crippen LogP contribution in [0.15, 0.2) is 91.0 Å². The summed E-state index contributed by atoms with van der Waals surface area (Å²) in [4.78, 5) is 46.9. The molecule has 0 spiro atoms. The average molecular weight is 670 g/mol. The predicted octanol–water partition coefficient (Wildman–Crippen LogP) is 5.22. The van der Waals surface area contributed by atoms with Crippen molar-refractivity contribution in [3.05, 3.63) is 108 Å². The van der Waals surface area contributed by atoms with Gasteiger partial charge in [-0.2, -0.15) is 0 Å². The normalized spacial score (nSPS) is 16.3. The standard InChI is InChI=1S/C40H52FN5O3/c1-40(2,42)24-9-14-37(47)45(4)36(28-29-15-19-32(20-16-29)31-11-7-6-8-12-31)39(49)46(5)35(27-30-17-21-33(41)22-18-30)38(48)43-25-23-34-13-10-26-44(34)3/h6-9,11-12,14-22,34-36H,10,13,23-28,42H2,1-5H3,(H,43,48)/t34?,35-,36-/m1/s1. The van der Waals surface area contributed by atoms with Gasteiger partial charge in [-0.15, -0.1) is 0 Å². The molecule has 0 aromatic heterocycles. The number of rotatable bonds is 15. The molecule has 8 nitrogen and oxygen atoms in total. The quantitative estimate of drug-likeness (QED) is 0.217. The molecular weight excluding hydrogens is 617 g/mol. The summed E-state index contributed by atoms with van der Waals surface area (Å²) in [5.41, 5.74) is 9.35. The lowest BCUT2D eigenvalue weighted by Crippen LogP contribution is -2.56. The van der Waals surface area contributed by atoms with Gasteiger partial charge in [0.15, 0.2) is 0 Å². The number of carbonyl (C=O) groups is 3. The van der Waals surface area contributed by atoms with Crippen LogP contribution >= 0.6 is 0 Å². The lowest BCUT2D eigenvalue weighted by Gasteiger charge is -2.34. The SMILES string of the molecule is CN1CCCC1CCNC(=O)[C@@H](Cc1ccc(F)cc1)N(C)C(=O)[C@@H](Cc1ccc(-c2ccccc2)cc1)N(C)C(=O)C=CCC(C)(C)N. The number of hydrogen-bond donors (Lipinski definition) is 2. The highest BCUT2D eigenvalue weighted by molar-refractivity contribution is 5.95. The fraction of sp³-hybridized carbons (Fsp3) is 0.425. The molecule has 49 heavy (non-hydrogen) atoms. The Morgan fingerprint density at radius 3 is 2.10 bits per heavy atom. The van der Waals surface area contributed by atoms with Gasteiger partial charge in [-0.3, -0.25) is 14.4 Å². The number of nitrogens with one attached hydrogen (secondary N) is 1. The van der Waals surface area contributed by atoms with E-state index in [0.717, 1.165) is 48.1 Å². The number of halogens is 1.